The highest BCUT2D eigenvalue weighted by Gasteiger charge is 2.10. The highest BCUT2D eigenvalue weighted by atomic mass is 16.5. The zero-order valence-corrected chi connectivity index (χ0v) is 17.8. The first-order valence-electron chi connectivity index (χ1n) is 10.1. The molecule has 1 amide bonds. The summed E-state index contributed by atoms with van der Waals surface area (Å²) in [5, 5.41) is 7.29. The van der Waals surface area contributed by atoms with E-state index in [1.807, 2.05) is 25.1 Å². The minimum absolute atomic E-state index is 0.277. The molecule has 1 heterocycles. The van der Waals surface area contributed by atoms with E-state index >= 15 is 0 Å². The van der Waals surface area contributed by atoms with Gasteiger partial charge in [-0.05, 0) is 48.9 Å². The molecule has 8 nitrogen and oxygen atoms in total. The van der Waals surface area contributed by atoms with Crippen molar-refractivity contribution in [2.24, 2.45) is 5.10 Å². The fraction of sp³-hybridized carbons (Fsp3) is 0.0800. The van der Waals surface area contributed by atoms with Crippen LogP contribution in [0.3, 0.4) is 0 Å². The van der Waals surface area contributed by atoms with Gasteiger partial charge in [0, 0.05) is 5.69 Å². The molecule has 0 aliphatic heterocycles. The number of nitrogens with one attached hydrogen (secondary N) is 1. The quantitative estimate of drug-likeness (QED) is 0.366. The maximum Gasteiger partial charge on any atom is 0.338 e. The number of fused-ring (bicyclic) bond motifs is 1. The molecule has 0 saturated carbocycles. The second-order valence-corrected chi connectivity index (χ2v) is 7.27. The number of anilines is 1. The third-order valence-electron chi connectivity index (χ3n) is 4.80. The van der Waals surface area contributed by atoms with E-state index in [1.54, 1.807) is 54.6 Å². The SMILES string of the molecule is Cc1ccc(NC(=O)COC(=O)c2ccc(/C=N\n3cnc4ccccc4c3=O)cc2)cc1. The lowest BCUT2D eigenvalue weighted by Crippen LogP contribution is -2.20. The molecular weight excluding hydrogens is 420 g/mol. The Balaban J connectivity index is 1.35. The Morgan fingerprint density at radius 1 is 1.03 bits per heavy atom. The van der Waals surface area contributed by atoms with Gasteiger partial charge in [0.1, 0.15) is 6.33 Å². The first-order chi connectivity index (χ1) is 16.0. The van der Waals surface area contributed by atoms with Crippen molar-refractivity contribution in [3.05, 3.63) is 106 Å². The van der Waals surface area contributed by atoms with Crippen LogP contribution >= 0.6 is 0 Å². The summed E-state index contributed by atoms with van der Waals surface area (Å²) in [6.07, 6.45) is 2.84. The van der Waals surface area contributed by atoms with Crippen LogP contribution in [0, 0.1) is 6.92 Å². The third kappa shape index (κ3) is 5.37. The molecule has 1 N–H and O–H groups in total. The largest absolute Gasteiger partial charge is 0.452 e. The zero-order valence-electron chi connectivity index (χ0n) is 17.8. The number of carbonyl (C=O) groups excluding carboxylic acids is 2. The molecule has 8 heteroatoms. The molecule has 0 saturated heterocycles. The van der Waals surface area contributed by atoms with Crippen molar-refractivity contribution in [1.29, 1.82) is 0 Å². The number of nitrogens with zero attached hydrogens (tertiary/aromatic N) is 3. The monoisotopic (exact) mass is 440 g/mol. The predicted octanol–water partition coefficient (Wildman–Crippen LogP) is 3.38. The fourth-order valence-electron chi connectivity index (χ4n) is 3.02. The summed E-state index contributed by atoms with van der Waals surface area (Å²) in [6, 6.07) is 20.8. The molecular formula is C25H20N4O4. The number of para-hydroxylation sites is 1. The third-order valence-corrected chi connectivity index (χ3v) is 4.80. The van der Waals surface area contributed by atoms with Crippen LogP contribution < -0.4 is 10.9 Å². The molecule has 1 aromatic heterocycles. The summed E-state index contributed by atoms with van der Waals surface area (Å²) in [6.45, 7) is 1.55. The Kier molecular flexibility index (Phi) is 6.36. The Labute approximate surface area is 189 Å². The molecule has 0 fully saturated rings. The van der Waals surface area contributed by atoms with Gasteiger partial charge in [0.15, 0.2) is 6.61 Å². The maximum absolute atomic E-state index is 12.5. The average molecular weight is 440 g/mol. The van der Waals surface area contributed by atoms with Crippen LogP contribution in [0.15, 0.2) is 89.0 Å². The smallest absolute Gasteiger partial charge is 0.338 e. The summed E-state index contributed by atoms with van der Waals surface area (Å²) in [7, 11) is 0. The van der Waals surface area contributed by atoms with Gasteiger partial charge in [-0.3, -0.25) is 9.59 Å². The number of aromatic nitrogens is 2. The van der Waals surface area contributed by atoms with Crippen molar-refractivity contribution in [1.82, 2.24) is 9.66 Å². The molecule has 0 radical (unpaired) electrons. The van der Waals surface area contributed by atoms with Crippen LogP contribution in [0.25, 0.3) is 10.9 Å². The highest BCUT2D eigenvalue weighted by Crippen LogP contribution is 2.09. The van der Waals surface area contributed by atoms with Gasteiger partial charge in [-0.15, -0.1) is 0 Å². The Bertz CT molecular complexity index is 1390. The van der Waals surface area contributed by atoms with E-state index in [-0.39, 0.29) is 5.56 Å². The number of hydrogen-bond acceptors (Lipinski definition) is 6. The number of aryl methyl sites for hydroxylation is 1. The number of esters is 1. The second-order valence-electron chi connectivity index (χ2n) is 7.27. The summed E-state index contributed by atoms with van der Waals surface area (Å²) in [5.41, 5.74) is 2.99. The standard InChI is InChI=1S/C25H20N4O4/c1-17-6-12-20(13-7-17)28-23(30)15-33-25(32)19-10-8-18(9-11-19)14-27-29-16-26-22-5-3-2-4-21(22)24(29)31/h2-14,16H,15H2,1H3,(H,28,30)/b27-14-. The van der Waals surface area contributed by atoms with E-state index in [1.165, 1.54) is 12.5 Å². The Morgan fingerprint density at radius 2 is 1.76 bits per heavy atom. The Hall–Kier alpha value is -4.59. The topological polar surface area (TPSA) is 103 Å². The van der Waals surface area contributed by atoms with E-state index in [0.717, 1.165) is 10.2 Å². The van der Waals surface area contributed by atoms with Crippen molar-refractivity contribution in [2.75, 3.05) is 11.9 Å². The number of hydrogen-bond donors (Lipinski definition) is 1. The lowest BCUT2D eigenvalue weighted by molar-refractivity contribution is -0.119. The van der Waals surface area contributed by atoms with Crippen molar-refractivity contribution < 1.29 is 14.3 Å². The second kappa shape index (κ2) is 9.69. The minimum atomic E-state index is -0.618. The van der Waals surface area contributed by atoms with Crippen LogP contribution in [0.2, 0.25) is 0 Å². The summed E-state index contributed by atoms with van der Waals surface area (Å²) < 4.78 is 6.22. The molecule has 0 atom stereocenters. The van der Waals surface area contributed by atoms with Gasteiger partial charge < -0.3 is 10.1 Å². The number of ether oxygens (including phenoxy) is 1. The van der Waals surface area contributed by atoms with E-state index in [4.69, 9.17) is 4.74 Å². The zero-order chi connectivity index (χ0) is 23.2. The lowest BCUT2D eigenvalue weighted by atomic mass is 10.1. The molecule has 4 rings (SSSR count). The van der Waals surface area contributed by atoms with Gasteiger partial charge in [-0.1, -0.05) is 42.0 Å². The molecule has 0 bridgehead atoms. The van der Waals surface area contributed by atoms with E-state index in [9.17, 15) is 14.4 Å². The van der Waals surface area contributed by atoms with Crippen LogP contribution in [-0.2, 0) is 9.53 Å². The highest BCUT2D eigenvalue weighted by molar-refractivity contribution is 5.95. The van der Waals surface area contributed by atoms with Gasteiger partial charge in [0.25, 0.3) is 11.5 Å². The van der Waals surface area contributed by atoms with E-state index in [0.29, 0.717) is 27.7 Å². The first-order valence-corrected chi connectivity index (χ1v) is 10.1. The van der Waals surface area contributed by atoms with E-state index < -0.39 is 18.5 Å². The predicted molar refractivity (Wildman–Crippen MR) is 126 cm³/mol. The van der Waals surface area contributed by atoms with Crippen molar-refractivity contribution in [2.45, 2.75) is 6.92 Å². The fourth-order valence-corrected chi connectivity index (χ4v) is 3.02. The van der Waals surface area contributed by atoms with Crippen LogP contribution in [0.4, 0.5) is 5.69 Å². The maximum atomic E-state index is 12.5. The molecule has 3 aromatic carbocycles. The summed E-state index contributed by atoms with van der Waals surface area (Å²) in [4.78, 5) is 40.9. The van der Waals surface area contributed by atoms with Crippen LogP contribution in [0.1, 0.15) is 21.5 Å². The molecule has 4 aromatic rings. The average Bonchev–Trinajstić information content (AvgIpc) is 2.84. The molecule has 0 aliphatic rings. The number of carbonyl (C=O) groups is 2. The Morgan fingerprint density at radius 3 is 2.52 bits per heavy atom. The lowest BCUT2D eigenvalue weighted by Gasteiger charge is -2.07. The molecule has 0 unspecified atom stereocenters. The number of benzene rings is 3. The summed E-state index contributed by atoms with van der Waals surface area (Å²) in [5.74, 6) is -1.04. The van der Waals surface area contributed by atoms with Crippen molar-refractivity contribution >= 4 is 34.7 Å². The van der Waals surface area contributed by atoms with Crippen molar-refractivity contribution in [3.63, 3.8) is 0 Å². The number of amides is 1. The summed E-state index contributed by atoms with van der Waals surface area (Å²) >= 11 is 0. The molecule has 33 heavy (non-hydrogen) atoms. The van der Waals surface area contributed by atoms with Gasteiger partial charge in [-0.25, -0.2) is 9.78 Å². The van der Waals surface area contributed by atoms with E-state index in [2.05, 4.69) is 15.4 Å². The van der Waals surface area contributed by atoms with Crippen molar-refractivity contribution in [3.8, 4) is 0 Å². The normalized spacial score (nSPS) is 10.9. The first kappa shape index (κ1) is 21.6. The minimum Gasteiger partial charge on any atom is -0.452 e. The van der Waals surface area contributed by atoms with Gasteiger partial charge in [-0.2, -0.15) is 9.78 Å². The van der Waals surface area contributed by atoms with Gasteiger partial charge in [0.2, 0.25) is 0 Å². The van der Waals surface area contributed by atoms with Gasteiger partial charge in [0.05, 0.1) is 22.7 Å². The molecule has 164 valence electrons. The number of rotatable bonds is 6. The van der Waals surface area contributed by atoms with Crippen LogP contribution in [0.5, 0.6) is 0 Å². The van der Waals surface area contributed by atoms with Gasteiger partial charge >= 0.3 is 5.97 Å². The molecule has 0 aliphatic carbocycles. The molecule has 0 spiro atoms. The van der Waals surface area contributed by atoms with Crippen LogP contribution in [-0.4, -0.2) is 34.4 Å².